The van der Waals surface area contributed by atoms with Crippen molar-refractivity contribution in [3.63, 3.8) is 0 Å². The maximum absolute atomic E-state index is 11.3. The van der Waals surface area contributed by atoms with Crippen LogP contribution in [0.15, 0.2) is 18.2 Å². The van der Waals surface area contributed by atoms with Gasteiger partial charge in [0.05, 0.1) is 12.2 Å². The van der Waals surface area contributed by atoms with Crippen LogP contribution in [0.25, 0.3) is 0 Å². The number of aliphatic hydroxyl groups excluding tert-OH is 5. The van der Waals surface area contributed by atoms with Gasteiger partial charge in [-0.2, -0.15) is 0 Å². The van der Waals surface area contributed by atoms with Gasteiger partial charge in [0.2, 0.25) is 6.29 Å². The van der Waals surface area contributed by atoms with Crippen molar-refractivity contribution in [2.75, 3.05) is 0 Å². The standard InChI is InChI=1S/C24H32O9/c1-24-7-6-13-12-5-3-11(32-23-19(28)17(26)18(27)20(33-23)22(30)31)8-10(12)2-4-14(13)15(24)9-16(25)21(24)29/h3,5,8,13-21,23,25-29H,2,4,6-7,9H2,1H3,(H,30,31)/t13-,14-,15-,16-,17+,18+,19-,20+,21+,23-,24-/m0/s1. The summed E-state index contributed by atoms with van der Waals surface area (Å²) in [5.74, 6) is -0.0622. The molecule has 33 heavy (non-hydrogen) atoms. The number of benzene rings is 1. The second-order valence-corrected chi connectivity index (χ2v) is 10.4. The van der Waals surface area contributed by atoms with Gasteiger partial charge in [-0.1, -0.05) is 13.0 Å². The minimum atomic E-state index is -1.76. The summed E-state index contributed by atoms with van der Waals surface area (Å²) in [6.07, 6.45) is -5.40. The maximum Gasteiger partial charge on any atom is 0.335 e. The number of carbonyl (C=O) groups is 1. The van der Waals surface area contributed by atoms with E-state index in [4.69, 9.17) is 9.47 Å². The molecule has 9 nitrogen and oxygen atoms in total. The highest BCUT2D eigenvalue weighted by molar-refractivity contribution is 5.73. The van der Waals surface area contributed by atoms with Gasteiger partial charge in [-0.3, -0.25) is 0 Å². The number of carboxylic acids is 1. The summed E-state index contributed by atoms with van der Waals surface area (Å²) in [6.45, 7) is 2.10. The second kappa shape index (κ2) is 8.18. The summed E-state index contributed by atoms with van der Waals surface area (Å²) < 4.78 is 10.9. The van der Waals surface area contributed by atoms with E-state index in [1.54, 1.807) is 6.07 Å². The number of ether oxygens (including phenoxy) is 2. The van der Waals surface area contributed by atoms with Gasteiger partial charge in [-0.25, -0.2) is 4.79 Å². The largest absolute Gasteiger partial charge is 0.479 e. The smallest absolute Gasteiger partial charge is 0.335 e. The molecule has 3 aliphatic carbocycles. The molecular weight excluding hydrogens is 432 g/mol. The molecule has 1 aromatic carbocycles. The molecule has 0 unspecified atom stereocenters. The monoisotopic (exact) mass is 464 g/mol. The third-order valence-corrected chi connectivity index (χ3v) is 8.74. The molecule has 11 atom stereocenters. The molecule has 0 radical (unpaired) electrons. The van der Waals surface area contributed by atoms with Crippen LogP contribution in [0.5, 0.6) is 5.75 Å². The predicted octanol–water partition coefficient (Wildman–Crippen LogP) is 0.145. The van der Waals surface area contributed by atoms with Gasteiger partial charge in [0, 0.05) is 0 Å². The Bertz CT molecular complexity index is 921. The average molecular weight is 465 g/mol. The topological polar surface area (TPSA) is 157 Å². The number of hydrogen-bond donors (Lipinski definition) is 6. The fraction of sp³-hybridized carbons (Fsp3) is 0.708. The molecule has 2 saturated carbocycles. The Morgan fingerprint density at radius 2 is 1.85 bits per heavy atom. The highest BCUT2D eigenvalue weighted by Crippen LogP contribution is 2.61. The van der Waals surface area contributed by atoms with Gasteiger partial charge in [-0.15, -0.1) is 0 Å². The molecular formula is C24H32O9. The number of aryl methyl sites for hydroxylation is 1. The lowest BCUT2D eigenvalue weighted by Gasteiger charge is -2.50. The lowest BCUT2D eigenvalue weighted by Crippen LogP contribution is -2.61. The van der Waals surface area contributed by atoms with Crippen LogP contribution < -0.4 is 4.74 Å². The summed E-state index contributed by atoms with van der Waals surface area (Å²) in [4.78, 5) is 11.3. The van der Waals surface area contributed by atoms with E-state index in [1.165, 1.54) is 5.56 Å². The summed E-state index contributed by atoms with van der Waals surface area (Å²) >= 11 is 0. The fourth-order valence-corrected chi connectivity index (χ4v) is 6.90. The van der Waals surface area contributed by atoms with Gasteiger partial charge in [0.1, 0.15) is 24.1 Å². The number of aliphatic carboxylic acids is 1. The van der Waals surface area contributed by atoms with Crippen LogP contribution in [0, 0.1) is 17.3 Å². The number of hydrogen-bond acceptors (Lipinski definition) is 8. The molecule has 0 spiro atoms. The lowest BCUT2D eigenvalue weighted by molar-refractivity contribution is -0.271. The van der Waals surface area contributed by atoms with Gasteiger partial charge < -0.3 is 40.1 Å². The van der Waals surface area contributed by atoms with Crippen molar-refractivity contribution < 1.29 is 44.9 Å². The number of carboxylic acid groups (broad SMARTS) is 1. The lowest BCUT2D eigenvalue weighted by atomic mass is 9.55. The van der Waals surface area contributed by atoms with Crippen molar-refractivity contribution in [3.8, 4) is 5.75 Å². The molecule has 182 valence electrons. The Kier molecular flexibility index (Phi) is 5.70. The molecule has 0 amide bonds. The number of aliphatic hydroxyl groups is 5. The van der Waals surface area contributed by atoms with E-state index in [0.29, 0.717) is 24.0 Å². The van der Waals surface area contributed by atoms with E-state index in [-0.39, 0.29) is 11.3 Å². The highest BCUT2D eigenvalue weighted by Gasteiger charge is 2.57. The Labute approximate surface area is 191 Å². The first-order chi connectivity index (χ1) is 15.6. The molecule has 0 aromatic heterocycles. The van der Waals surface area contributed by atoms with E-state index in [0.717, 1.165) is 31.2 Å². The van der Waals surface area contributed by atoms with Crippen LogP contribution >= 0.6 is 0 Å². The normalized spacial score (nSPS) is 46.7. The number of fused-ring (bicyclic) bond motifs is 5. The summed E-state index contributed by atoms with van der Waals surface area (Å²) in [6, 6.07) is 5.60. The summed E-state index contributed by atoms with van der Waals surface area (Å²) in [7, 11) is 0. The van der Waals surface area contributed by atoms with Crippen molar-refractivity contribution >= 4 is 5.97 Å². The Balaban J connectivity index is 1.34. The zero-order chi connectivity index (χ0) is 23.7. The minimum absolute atomic E-state index is 0.248. The highest BCUT2D eigenvalue weighted by atomic mass is 16.7. The van der Waals surface area contributed by atoms with Crippen molar-refractivity contribution in [1.29, 1.82) is 0 Å². The van der Waals surface area contributed by atoms with Crippen molar-refractivity contribution in [1.82, 2.24) is 0 Å². The zero-order valence-corrected chi connectivity index (χ0v) is 18.4. The van der Waals surface area contributed by atoms with E-state index >= 15 is 0 Å². The van der Waals surface area contributed by atoms with E-state index in [1.807, 2.05) is 12.1 Å². The second-order valence-electron chi connectivity index (χ2n) is 10.4. The Morgan fingerprint density at radius 3 is 2.58 bits per heavy atom. The molecule has 6 N–H and O–H groups in total. The predicted molar refractivity (Wildman–Crippen MR) is 113 cm³/mol. The molecule has 1 heterocycles. The van der Waals surface area contributed by atoms with Gasteiger partial charge >= 0.3 is 5.97 Å². The van der Waals surface area contributed by atoms with Crippen LogP contribution in [0.1, 0.15) is 49.7 Å². The maximum atomic E-state index is 11.3. The fourth-order valence-electron chi connectivity index (χ4n) is 6.90. The van der Waals surface area contributed by atoms with E-state index in [2.05, 4.69) is 6.92 Å². The molecule has 1 saturated heterocycles. The summed E-state index contributed by atoms with van der Waals surface area (Å²) in [5, 5.41) is 60.2. The van der Waals surface area contributed by atoms with E-state index in [9.17, 15) is 35.4 Å². The van der Waals surface area contributed by atoms with Crippen LogP contribution in [-0.4, -0.2) is 79.5 Å². The molecule has 4 aliphatic rings. The first-order valence-corrected chi connectivity index (χ1v) is 11.7. The van der Waals surface area contributed by atoms with E-state index < -0.39 is 48.9 Å². The third-order valence-electron chi connectivity index (χ3n) is 8.74. The Hall–Kier alpha value is -1.75. The Morgan fingerprint density at radius 1 is 1.09 bits per heavy atom. The van der Waals surface area contributed by atoms with Gasteiger partial charge in [0.15, 0.2) is 6.10 Å². The SMILES string of the molecule is C[C@]12CC[C@H]3c4ccc(O[C@H]5O[C@@H](C(=O)O)[C@H](O)[C@@H](O)[C@@H]5O)cc4CC[C@@H]3[C@@H]1C[C@H](O)[C@H]2O. The quantitative estimate of drug-likeness (QED) is 0.366. The van der Waals surface area contributed by atoms with Crippen LogP contribution in [0.3, 0.4) is 0 Å². The first-order valence-electron chi connectivity index (χ1n) is 11.7. The van der Waals surface area contributed by atoms with Crippen LogP contribution in [0.4, 0.5) is 0 Å². The zero-order valence-electron chi connectivity index (χ0n) is 18.4. The molecule has 1 aromatic rings. The molecule has 3 fully saturated rings. The van der Waals surface area contributed by atoms with Crippen LogP contribution in [-0.2, 0) is 16.0 Å². The van der Waals surface area contributed by atoms with Gasteiger partial charge in [-0.05, 0) is 78.5 Å². The summed E-state index contributed by atoms with van der Waals surface area (Å²) in [5.41, 5.74) is 2.08. The van der Waals surface area contributed by atoms with Crippen molar-refractivity contribution in [2.45, 2.75) is 87.9 Å². The number of rotatable bonds is 3. The van der Waals surface area contributed by atoms with Crippen LogP contribution in [0.2, 0.25) is 0 Å². The molecule has 9 heteroatoms. The third kappa shape index (κ3) is 3.57. The molecule has 1 aliphatic heterocycles. The first kappa shape index (κ1) is 23.0. The minimum Gasteiger partial charge on any atom is -0.479 e. The average Bonchev–Trinajstić information content (AvgIpc) is 3.02. The van der Waals surface area contributed by atoms with Crippen molar-refractivity contribution in [3.05, 3.63) is 29.3 Å². The van der Waals surface area contributed by atoms with Crippen molar-refractivity contribution in [2.24, 2.45) is 17.3 Å². The molecule has 0 bridgehead atoms. The molecule has 5 rings (SSSR count). The van der Waals surface area contributed by atoms with Gasteiger partial charge in [0.25, 0.3) is 0 Å².